The molecule has 0 heterocycles. The van der Waals surface area contributed by atoms with E-state index < -0.39 is 28.5 Å². The summed E-state index contributed by atoms with van der Waals surface area (Å²) in [5, 5.41) is 3.60. The number of nitrogens with zero attached hydrogens (tertiary/aromatic N) is 2. The van der Waals surface area contributed by atoms with Gasteiger partial charge in [0.25, 0.3) is 10.0 Å². The molecule has 0 aliphatic heterocycles. The average molecular weight is 621 g/mol. The molecule has 0 saturated carbocycles. The van der Waals surface area contributed by atoms with Crippen molar-refractivity contribution in [1.29, 1.82) is 0 Å². The molecule has 0 aromatic heterocycles. The second-order valence-electron chi connectivity index (χ2n) is 9.49. The van der Waals surface area contributed by atoms with Crippen LogP contribution in [-0.2, 0) is 26.2 Å². The first-order valence-corrected chi connectivity index (χ1v) is 15.5. The molecule has 3 aromatic rings. The second kappa shape index (κ2) is 14.6. The molecule has 2 atom stereocenters. The fraction of sp³-hybridized carbons (Fsp3) is 0.333. The molecule has 11 heteroatoms. The van der Waals surface area contributed by atoms with Crippen molar-refractivity contribution in [2.24, 2.45) is 0 Å². The Hall–Kier alpha value is -3.27. The van der Waals surface area contributed by atoms with Gasteiger partial charge in [0.15, 0.2) is 0 Å². The van der Waals surface area contributed by atoms with Crippen LogP contribution in [0.5, 0.6) is 5.75 Å². The number of hydrogen-bond acceptors (Lipinski definition) is 5. The van der Waals surface area contributed by atoms with Crippen LogP contribution in [0.15, 0.2) is 77.7 Å². The van der Waals surface area contributed by atoms with Crippen LogP contribution in [0.3, 0.4) is 0 Å². The van der Waals surface area contributed by atoms with Gasteiger partial charge in [-0.3, -0.25) is 13.9 Å². The van der Waals surface area contributed by atoms with E-state index in [1.807, 2.05) is 13.8 Å². The predicted molar refractivity (Wildman–Crippen MR) is 163 cm³/mol. The maximum atomic E-state index is 14.1. The third-order valence-electron chi connectivity index (χ3n) is 6.75. The maximum absolute atomic E-state index is 14.1. The molecule has 0 fully saturated rings. The third kappa shape index (κ3) is 7.93. The molecule has 0 aliphatic rings. The third-order valence-corrected chi connectivity index (χ3v) is 9.24. The number of sulfonamides is 1. The first-order valence-electron chi connectivity index (χ1n) is 13.3. The van der Waals surface area contributed by atoms with Gasteiger partial charge in [0.1, 0.15) is 18.3 Å². The zero-order valence-corrected chi connectivity index (χ0v) is 25.8. The minimum absolute atomic E-state index is 0.0193. The highest BCUT2D eigenvalue weighted by Crippen LogP contribution is 2.29. The summed E-state index contributed by atoms with van der Waals surface area (Å²) in [4.78, 5) is 28.9. The van der Waals surface area contributed by atoms with Gasteiger partial charge in [-0.2, -0.15) is 0 Å². The van der Waals surface area contributed by atoms with Crippen molar-refractivity contribution in [1.82, 2.24) is 10.2 Å². The van der Waals surface area contributed by atoms with Crippen LogP contribution in [0, 0.1) is 0 Å². The van der Waals surface area contributed by atoms with Crippen molar-refractivity contribution in [2.75, 3.05) is 18.0 Å². The van der Waals surface area contributed by atoms with Gasteiger partial charge in [-0.1, -0.05) is 61.3 Å². The molecule has 0 aliphatic carbocycles. The molecule has 0 bridgehead atoms. The van der Waals surface area contributed by atoms with Crippen molar-refractivity contribution in [3.8, 4) is 5.75 Å². The summed E-state index contributed by atoms with van der Waals surface area (Å²) in [6.07, 6.45) is 0.983. The summed E-state index contributed by atoms with van der Waals surface area (Å²) in [6, 6.07) is 18.2. The molecule has 0 spiro atoms. The number of nitrogens with one attached hydrogen (secondary N) is 1. The highest BCUT2D eigenvalue weighted by atomic mass is 35.5. The van der Waals surface area contributed by atoms with Gasteiger partial charge in [-0.25, -0.2) is 8.42 Å². The summed E-state index contributed by atoms with van der Waals surface area (Å²) < 4.78 is 34.0. The van der Waals surface area contributed by atoms with Gasteiger partial charge >= 0.3 is 0 Å². The summed E-state index contributed by atoms with van der Waals surface area (Å²) in [5.74, 6) is -0.414. The van der Waals surface area contributed by atoms with E-state index in [-0.39, 0.29) is 35.5 Å². The van der Waals surface area contributed by atoms with E-state index in [0.717, 1.165) is 4.31 Å². The van der Waals surface area contributed by atoms with Crippen molar-refractivity contribution in [2.45, 2.75) is 57.1 Å². The smallest absolute Gasteiger partial charge is 0.264 e. The van der Waals surface area contributed by atoms with Crippen molar-refractivity contribution < 1.29 is 22.7 Å². The molecular formula is C30H35Cl2N3O5S. The van der Waals surface area contributed by atoms with E-state index in [0.29, 0.717) is 27.8 Å². The number of carbonyl (C=O) groups excluding carboxylic acids is 2. The highest BCUT2D eigenvalue weighted by molar-refractivity contribution is 7.92. The SMILES string of the molecule is CC[C@@H](C)NC(=O)[C@@H](CC)N(Cc1c(Cl)cccc1Cl)C(=O)CN(c1ccc(OC)cc1)S(=O)(=O)c1ccccc1. The molecule has 8 nitrogen and oxygen atoms in total. The van der Waals surface area contributed by atoms with E-state index in [9.17, 15) is 18.0 Å². The standard InChI is InChI=1S/C30H35Cl2N3O5S/c1-5-21(3)33-30(37)28(6-2)34(19-25-26(31)13-10-14-27(25)32)29(36)20-35(22-15-17-23(40-4)18-16-22)41(38,39)24-11-8-7-9-12-24/h7-18,21,28H,5-6,19-20H2,1-4H3,(H,33,37)/t21-,28-/m1/s1. The molecule has 0 radical (unpaired) electrons. The number of halogens is 2. The monoisotopic (exact) mass is 619 g/mol. The zero-order valence-electron chi connectivity index (χ0n) is 23.5. The number of methoxy groups -OCH3 is 1. The number of benzene rings is 3. The fourth-order valence-corrected chi connectivity index (χ4v) is 6.16. The highest BCUT2D eigenvalue weighted by Gasteiger charge is 2.34. The van der Waals surface area contributed by atoms with E-state index in [1.54, 1.807) is 67.6 Å². The largest absolute Gasteiger partial charge is 0.497 e. The van der Waals surface area contributed by atoms with Gasteiger partial charge in [0.05, 0.1) is 17.7 Å². The Bertz CT molecular complexity index is 1420. The summed E-state index contributed by atoms with van der Waals surface area (Å²) >= 11 is 12.9. The van der Waals surface area contributed by atoms with Crippen LogP contribution in [0.4, 0.5) is 5.69 Å². The minimum Gasteiger partial charge on any atom is -0.497 e. The van der Waals surface area contributed by atoms with Crippen LogP contribution in [-0.4, -0.2) is 50.9 Å². The first-order chi connectivity index (χ1) is 19.5. The normalized spacial score (nSPS) is 12.7. The van der Waals surface area contributed by atoms with Gasteiger partial charge in [-0.15, -0.1) is 0 Å². The lowest BCUT2D eigenvalue weighted by molar-refractivity contribution is -0.140. The quantitative estimate of drug-likeness (QED) is 0.256. The lowest BCUT2D eigenvalue weighted by atomic mass is 10.1. The number of carbonyl (C=O) groups is 2. The zero-order chi connectivity index (χ0) is 30.2. The molecule has 41 heavy (non-hydrogen) atoms. The molecule has 0 saturated heterocycles. The molecule has 220 valence electrons. The topological polar surface area (TPSA) is 96.0 Å². The van der Waals surface area contributed by atoms with Crippen molar-refractivity contribution >= 4 is 50.7 Å². The number of hydrogen-bond donors (Lipinski definition) is 1. The molecule has 3 rings (SSSR count). The minimum atomic E-state index is -4.17. The Balaban J connectivity index is 2.09. The molecule has 2 amide bonds. The van der Waals surface area contributed by atoms with Crippen molar-refractivity contribution in [3.05, 3.63) is 88.4 Å². The number of ether oxygens (including phenoxy) is 1. The van der Waals surface area contributed by atoms with E-state index in [2.05, 4.69) is 5.32 Å². The average Bonchev–Trinajstić information content (AvgIpc) is 2.97. The maximum Gasteiger partial charge on any atom is 0.264 e. The first kappa shape index (κ1) is 32.2. The van der Waals surface area contributed by atoms with Gasteiger partial charge in [0.2, 0.25) is 11.8 Å². The van der Waals surface area contributed by atoms with Crippen LogP contribution >= 0.6 is 23.2 Å². The Morgan fingerprint density at radius 3 is 2.05 bits per heavy atom. The number of amides is 2. The number of rotatable bonds is 13. The summed E-state index contributed by atoms with van der Waals surface area (Å²) in [7, 11) is -2.67. The Labute approximate surface area is 252 Å². The predicted octanol–water partition coefficient (Wildman–Crippen LogP) is 5.92. The second-order valence-corrected chi connectivity index (χ2v) is 12.2. The molecule has 0 unspecified atom stereocenters. The van der Waals surface area contributed by atoms with Gasteiger partial charge in [-0.05, 0) is 68.3 Å². The van der Waals surface area contributed by atoms with E-state index in [4.69, 9.17) is 27.9 Å². The Morgan fingerprint density at radius 1 is 0.902 bits per heavy atom. The van der Waals surface area contributed by atoms with Gasteiger partial charge < -0.3 is 15.0 Å². The van der Waals surface area contributed by atoms with Crippen LogP contribution in [0.1, 0.15) is 39.2 Å². The fourth-order valence-electron chi connectivity index (χ4n) is 4.21. The van der Waals surface area contributed by atoms with Gasteiger partial charge in [0, 0.05) is 28.2 Å². The molecule has 1 N–H and O–H groups in total. The Morgan fingerprint density at radius 2 is 1.51 bits per heavy atom. The number of anilines is 1. The van der Waals surface area contributed by atoms with Crippen LogP contribution in [0.2, 0.25) is 10.0 Å². The van der Waals surface area contributed by atoms with Crippen LogP contribution < -0.4 is 14.4 Å². The molecular weight excluding hydrogens is 585 g/mol. The van der Waals surface area contributed by atoms with E-state index >= 15 is 0 Å². The summed E-state index contributed by atoms with van der Waals surface area (Å²) in [5.41, 5.74) is 0.719. The van der Waals surface area contributed by atoms with Crippen molar-refractivity contribution in [3.63, 3.8) is 0 Å². The summed E-state index contributed by atoms with van der Waals surface area (Å²) in [6.45, 7) is 4.95. The van der Waals surface area contributed by atoms with Crippen LogP contribution in [0.25, 0.3) is 0 Å². The van der Waals surface area contributed by atoms with E-state index in [1.165, 1.54) is 24.1 Å². The lowest BCUT2D eigenvalue weighted by Gasteiger charge is -2.34. The molecule has 3 aromatic carbocycles. The Kier molecular flexibility index (Phi) is 11.5. The lowest BCUT2D eigenvalue weighted by Crippen LogP contribution is -2.53.